The minimum absolute atomic E-state index is 0. The largest absolute Gasteiger partial charge is 0.493 e. The average molecular weight is 369 g/mol. The van der Waals surface area contributed by atoms with Gasteiger partial charge in [0.2, 0.25) is 5.91 Å². The maximum Gasteiger partial charge on any atom is 0.232 e. The zero-order chi connectivity index (χ0) is 17.7. The number of nitrogens with zero attached hydrogens (tertiary/aromatic N) is 1. The lowest BCUT2D eigenvalue weighted by Gasteiger charge is -2.37. The molecule has 1 fully saturated rings. The lowest BCUT2D eigenvalue weighted by atomic mass is 9.82. The van der Waals surface area contributed by atoms with Crippen LogP contribution in [0.4, 0.5) is 0 Å². The van der Waals surface area contributed by atoms with Crippen molar-refractivity contribution in [1.82, 2.24) is 10.2 Å². The highest BCUT2D eigenvalue weighted by molar-refractivity contribution is 5.87. The van der Waals surface area contributed by atoms with Crippen molar-refractivity contribution in [2.45, 2.75) is 52.0 Å². The summed E-state index contributed by atoms with van der Waals surface area (Å²) < 4.78 is 5.74. The fourth-order valence-corrected chi connectivity index (χ4v) is 3.15. The summed E-state index contributed by atoms with van der Waals surface area (Å²) in [7, 11) is 1.97. The minimum atomic E-state index is -0.522. The number of benzene rings is 1. The molecule has 1 heterocycles. The molecular weight excluding hydrogens is 336 g/mol. The topological polar surface area (TPSA) is 41.6 Å². The summed E-state index contributed by atoms with van der Waals surface area (Å²) in [5.41, 5.74) is 0.516. The summed E-state index contributed by atoms with van der Waals surface area (Å²) >= 11 is 0. The van der Waals surface area contributed by atoms with Gasteiger partial charge in [0.25, 0.3) is 0 Å². The van der Waals surface area contributed by atoms with E-state index >= 15 is 0 Å². The molecule has 1 N–H and O–H groups in total. The Morgan fingerprint density at radius 1 is 1.32 bits per heavy atom. The van der Waals surface area contributed by atoms with Crippen LogP contribution in [0.1, 0.15) is 46.1 Å². The number of likely N-dealkylation sites (N-methyl/N-ethyl adjacent to an activating group) is 1. The average Bonchev–Trinajstić information content (AvgIpc) is 2.59. The number of ether oxygens (including phenoxy) is 1. The summed E-state index contributed by atoms with van der Waals surface area (Å²) in [6.45, 7) is 10.7. The van der Waals surface area contributed by atoms with E-state index in [4.69, 9.17) is 4.74 Å². The van der Waals surface area contributed by atoms with Gasteiger partial charge in [-0.2, -0.15) is 0 Å². The van der Waals surface area contributed by atoms with Crippen LogP contribution in [0.2, 0.25) is 0 Å². The fourth-order valence-electron chi connectivity index (χ4n) is 3.15. The van der Waals surface area contributed by atoms with Gasteiger partial charge >= 0.3 is 0 Å². The zero-order valence-corrected chi connectivity index (χ0v) is 17.0. The second-order valence-electron chi connectivity index (χ2n) is 7.73. The molecule has 0 spiro atoms. The lowest BCUT2D eigenvalue weighted by molar-refractivity contribution is -0.137. The van der Waals surface area contributed by atoms with E-state index in [1.165, 1.54) is 0 Å². The molecule has 0 bridgehead atoms. The number of carbonyl (C=O) groups is 1. The Balaban J connectivity index is 0.00000312. The summed E-state index contributed by atoms with van der Waals surface area (Å²) in [4.78, 5) is 15.1. The van der Waals surface area contributed by atoms with Crippen LogP contribution in [0.25, 0.3) is 0 Å². The van der Waals surface area contributed by atoms with E-state index in [-0.39, 0.29) is 18.3 Å². The maximum absolute atomic E-state index is 13.0. The van der Waals surface area contributed by atoms with Crippen LogP contribution in [-0.2, 0) is 10.2 Å². The molecule has 1 aromatic rings. The molecule has 1 aliphatic rings. The van der Waals surface area contributed by atoms with Gasteiger partial charge in [0.1, 0.15) is 5.75 Å². The van der Waals surface area contributed by atoms with Crippen molar-refractivity contribution in [1.29, 1.82) is 0 Å². The van der Waals surface area contributed by atoms with Gasteiger partial charge in [-0.05, 0) is 57.4 Å². The Morgan fingerprint density at radius 3 is 2.52 bits per heavy atom. The highest BCUT2D eigenvalue weighted by Gasteiger charge is 2.35. The summed E-state index contributed by atoms with van der Waals surface area (Å²) in [5, 5.41) is 3.30. The molecule has 0 radical (unpaired) electrons. The SMILES string of the molecule is CNC1CCCN(C(=O)C(C)(C)c2ccc(OCC(C)C)cc2)C1.Cl. The fraction of sp³-hybridized carbons (Fsp3) is 0.650. The van der Waals surface area contributed by atoms with Gasteiger partial charge < -0.3 is 15.0 Å². The number of likely N-dealkylation sites (tertiary alicyclic amines) is 1. The van der Waals surface area contributed by atoms with E-state index in [1.807, 2.05) is 50.1 Å². The van der Waals surface area contributed by atoms with Gasteiger partial charge in [-0.15, -0.1) is 12.4 Å². The van der Waals surface area contributed by atoms with Gasteiger partial charge in [-0.25, -0.2) is 0 Å². The van der Waals surface area contributed by atoms with Gasteiger partial charge in [-0.3, -0.25) is 4.79 Å². The molecule has 0 aromatic heterocycles. The van der Waals surface area contributed by atoms with Crippen LogP contribution in [0.15, 0.2) is 24.3 Å². The van der Waals surface area contributed by atoms with E-state index in [0.717, 1.165) is 37.2 Å². The molecule has 4 nitrogen and oxygen atoms in total. The predicted octanol–water partition coefficient (Wildman–Crippen LogP) is 3.63. The molecule has 1 atom stereocenters. The molecule has 1 saturated heterocycles. The Bertz CT molecular complexity index is 543. The number of rotatable bonds is 6. The number of nitrogens with one attached hydrogen (secondary N) is 1. The van der Waals surface area contributed by atoms with Crippen molar-refractivity contribution in [3.63, 3.8) is 0 Å². The standard InChI is InChI=1S/C20H32N2O2.ClH/c1-15(2)14-24-18-10-8-16(9-11-18)20(3,4)19(23)22-12-6-7-17(13-22)21-5;/h8-11,15,17,21H,6-7,12-14H2,1-5H3;1H. The maximum atomic E-state index is 13.0. The number of hydrogen-bond acceptors (Lipinski definition) is 3. The van der Waals surface area contributed by atoms with Crippen LogP contribution in [0.5, 0.6) is 5.75 Å². The number of piperidine rings is 1. The van der Waals surface area contributed by atoms with Gasteiger partial charge in [-0.1, -0.05) is 26.0 Å². The van der Waals surface area contributed by atoms with Crippen molar-refractivity contribution >= 4 is 18.3 Å². The molecule has 1 aliphatic heterocycles. The summed E-state index contributed by atoms with van der Waals surface area (Å²) in [5.74, 6) is 1.57. The first-order valence-corrected chi connectivity index (χ1v) is 9.04. The van der Waals surface area contributed by atoms with Crippen molar-refractivity contribution in [2.75, 3.05) is 26.7 Å². The van der Waals surface area contributed by atoms with Crippen LogP contribution in [-0.4, -0.2) is 43.6 Å². The first-order valence-electron chi connectivity index (χ1n) is 9.04. The quantitative estimate of drug-likeness (QED) is 0.833. The van der Waals surface area contributed by atoms with Gasteiger partial charge in [0.05, 0.1) is 12.0 Å². The van der Waals surface area contributed by atoms with Gasteiger partial charge in [0, 0.05) is 19.1 Å². The number of amides is 1. The Hall–Kier alpha value is -1.26. The van der Waals surface area contributed by atoms with Crippen LogP contribution >= 0.6 is 12.4 Å². The van der Waals surface area contributed by atoms with E-state index in [2.05, 4.69) is 19.2 Å². The molecule has 25 heavy (non-hydrogen) atoms. The van der Waals surface area contributed by atoms with Gasteiger partial charge in [0.15, 0.2) is 0 Å². The Morgan fingerprint density at radius 2 is 1.96 bits per heavy atom. The molecule has 142 valence electrons. The minimum Gasteiger partial charge on any atom is -0.493 e. The third-order valence-electron chi connectivity index (χ3n) is 4.81. The van der Waals surface area contributed by atoms with Crippen molar-refractivity contribution in [3.05, 3.63) is 29.8 Å². The molecule has 1 unspecified atom stereocenters. The van der Waals surface area contributed by atoms with Crippen LogP contribution < -0.4 is 10.1 Å². The smallest absolute Gasteiger partial charge is 0.232 e. The molecular formula is C20H33ClN2O2. The van der Waals surface area contributed by atoms with E-state index in [1.54, 1.807) is 0 Å². The Kier molecular flexibility index (Phi) is 8.23. The third kappa shape index (κ3) is 5.61. The molecule has 1 aromatic carbocycles. The Labute approximate surface area is 158 Å². The van der Waals surface area contributed by atoms with Crippen molar-refractivity contribution in [3.8, 4) is 5.75 Å². The van der Waals surface area contributed by atoms with E-state index in [9.17, 15) is 4.79 Å². The second kappa shape index (κ2) is 9.44. The molecule has 5 heteroatoms. The van der Waals surface area contributed by atoms with Crippen molar-refractivity contribution in [2.24, 2.45) is 5.92 Å². The molecule has 0 aliphatic carbocycles. The van der Waals surface area contributed by atoms with Crippen LogP contribution in [0.3, 0.4) is 0 Å². The molecule has 0 saturated carbocycles. The monoisotopic (exact) mass is 368 g/mol. The molecule has 2 rings (SSSR count). The highest BCUT2D eigenvalue weighted by Crippen LogP contribution is 2.29. The predicted molar refractivity (Wildman–Crippen MR) is 106 cm³/mol. The normalized spacial score (nSPS) is 18.0. The summed E-state index contributed by atoms with van der Waals surface area (Å²) in [6.07, 6.45) is 2.21. The van der Waals surface area contributed by atoms with Crippen molar-refractivity contribution < 1.29 is 9.53 Å². The zero-order valence-electron chi connectivity index (χ0n) is 16.2. The summed E-state index contributed by atoms with van der Waals surface area (Å²) in [6, 6.07) is 8.39. The van der Waals surface area contributed by atoms with E-state index in [0.29, 0.717) is 18.6 Å². The lowest BCUT2D eigenvalue weighted by Crippen LogP contribution is -2.51. The molecule has 1 amide bonds. The number of halogens is 1. The first-order chi connectivity index (χ1) is 11.3. The second-order valence-corrected chi connectivity index (χ2v) is 7.73. The number of hydrogen-bond donors (Lipinski definition) is 1. The third-order valence-corrected chi connectivity index (χ3v) is 4.81. The van der Waals surface area contributed by atoms with E-state index < -0.39 is 5.41 Å². The highest BCUT2D eigenvalue weighted by atomic mass is 35.5. The first kappa shape index (κ1) is 21.8. The van der Waals surface area contributed by atoms with Crippen LogP contribution in [0, 0.1) is 5.92 Å². The number of carbonyl (C=O) groups excluding carboxylic acids is 1.